The molecule has 1 fully saturated rings. The number of nitrogens with two attached hydrogens (primary N) is 1. The van der Waals surface area contributed by atoms with Crippen molar-refractivity contribution in [2.45, 2.75) is 65.1 Å². The van der Waals surface area contributed by atoms with Gasteiger partial charge >= 0.3 is 6.09 Å². The molecule has 0 bridgehead atoms. The third-order valence-electron chi connectivity index (χ3n) is 3.48. The zero-order valence-electron chi connectivity index (χ0n) is 13.9. The maximum atomic E-state index is 12.4. The van der Waals surface area contributed by atoms with Crippen molar-refractivity contribution in [3.8, 4) is 0 Å². The second-order valence-electron chi connectivity index (χ2n) is 6.82. The molecule has 0 aromatic carbocycles. The van der Waals surface area contributed by atoms with Gasteiger partial charge in [0.1, 0.15) is 5.60 Å². The largest absolute Gasteiger partial charge is 0.444 e. The smallest absolute Gasteiger partial charge is 0.410 e. The fourth-order valence-corrected chi connectivity index (χ4v) is 2.63. The van der Waals surface area contributed by atoms with Crippen LogP contribution < -0.4 is 5.73 Å². The highest BCUT2D eigenvalue weighted by Crippen LogP contribution is 2.21. The molecule has 2 N–H and O–H groups in total. The second kappa shape index (κ2) is 7.11. The van der Waals surface area contributed by atoms with Crippen LogP contribution in [0.25, 0.3) is 0 Å². The van der Waals surface area contributed by atoms with Crippen molar-refractivity contribution in [1.82, 2.24) is 9.80 Å². The van der Waals surface area contributed by atoms with Crippen molar-refractivity contribution in [2.24, 2.45) is 5.73 Å². The molecule has 0 aliphatic carbocycles. The summed E-state index contributed by atoms with van der Waals surface area (Å²) < 4.78 is 5.50. The molecule has 1 rings (SSSR count). The third kappa shape index (κ3) is 5.19. The van der Waals surface area contributed by atoms with Crippen molar-refractivity contribution >= 4 is 12.0 Å². The molecule has 0 radical (unpaired) electrons. The Hall–Kier alpha value is -1.30. The summed E-state index contributed by atoms with van der Waals surface area (Å²) in [5.74, 6) is -0.0624. The van der Waals surface area contributed by atoms with E-state index in [1.54, 1.807) is 9.80 Å². The van der Waals surface area contributed by atoms with Gasteiger partial charge in [-0.05, 0) is 47.5 Å². The summed E-state index contributed by atoms with van der Waals surface area (Å²) in [6, 6.07) is 0.0156. The summed E-state index contributed by atoms with van der Waals surface area (Å²) in [6.07, 6.45) is 1.44. The summed E-state index contributed by atoms with van der Waals surface area (Å²) >= 11 is 0. The summed E-state index contributed by atoms with van der Waals surface area (Å²) in [6.45, 7) is 10.8. The first-order valence-electron chi connectivity index (χ1n) is 7.65. The molecule has 1 heterocycles. The van der Waals surface area contributed by atoms with E-state index in [1.807, 2.05) is 34.6 Å². The molecule has 21 heavy (non-hydrogen) atoms. The minimum atomic E-state index is -0.522. The van der Waals surface area contributed by atoms with Crippen LogP contribution in [-0.2, 0) is 9.53 Å². The Balaban J connectivity index is 2.80. The maximum Gasteiger partial charge on any atom is 0.410 e. The van der Waals surface area contributed by atoms with Crippen LogP contribution in [0.15, 0.2) is 0 Å². The SMILES string of the molecule is CC(C)N(C(=O)OC(C)(C)C)[C@H]1CCCN(C(=O)CN)C1. The van der Waals surface area contributed by atoms with Crippen molar-refractivity contribution in [1.29, 1.82) is 0 Å². The number of amides is 2. The standard InChI is InChI=1S/C15H29N3O3/c1-11(2)18(14(20)21-15(3,4)5)12-7-6-8-17(10-12)13(19)9-16/h11-12H,6-10,16H2,1-5H3/t12-/m0/s1. The Morgan fingerprint density at radius 3 is 2.48 bits per heavy atom. The van der Waals surface area contributed by atoms with E-state index in [-0.39, 0.29) is 30.6 Å². The summed E-state index contributed by atoms with van der Waals surface area (Å²) in [4.78, 5) is 27.7. The van der Waals surface area contributed by atoms with Gasteiger partial charge in [-0.2, -0.15) is 0 Å². The molecular weight excluding hydrogens is 270 g/mol. The van der Waals surface area contributed by atoms with Gasteiger partial charge in [0.25, 0.3) is 0 Å². The molecular formula is C15H29N3O3. The van der Waals surface area contributed by atoms with Crippen LogP contribution in [0.3, 0.4) is 0 Å². The van der Waals surface area contributed by atoms with Crippen LogP contribution in [0.2, 0.25) is 0 Å². The lowest BCUT2D eigenvalue weighted by Crippen LogP contribution is -2.55. The molecule has 0 spiro atoms. The number of hydrogen-bond acceptors (Lipinski definition) is 4. The number of hydrogen-bond donors (Lipinski definition) is 1. The Morgan fingerprint density at radius 1 is 1.38 bits per heavy atom. The number of likely N-dealkylation sites (tertiary alicyclic amines) is 1. The fraction of sp³-hybridized carbons (Fsp3) is 0.867. The van der Waals surface area contributed by atoms with Crippen LogP contribution in [0.4, 0.5) is 4.79 Å². The Bertz CT molecular complexity index is 377. The van der Waals surface area contributed by atoms with Crippen molar-refractivity contribution in [2.75, 3.05) is 19.6 Å². The minimum Gasteiger partial charge on any atom is -0.444 e. The van der Waals surface area contributed by atoms with Gasteiger partial charge in [-0.3, -0.25) is 4.79 Å². The number of piperidine rings is 1. The highest BCUT2D eigenvalue weighted by atomic mass is 16.6. The molecule has 0 saturated carbocycles. The lowest BCUT2D eigenvalue weighted by Gasteiger charge is -2.41. The molecule has 1 atom stereocenters. The van der Waals surface area contributed by atoms with E-state index < -0.39 is 5.60 Å². The van der Waals surface area contributed by atoms with Crippen molar-refractivity contribution in [3.63, 3.8) is 0 Å². The average molecular weight is 299 g/mol. The van der Waals surface area contributed by atoms with Gasteiger partial charge in [0.05, 0.1) is 12.6 Å². The van der Waals surface area contributed by atoms with Gasteiger partial charge in [0, 0.05) is 19.1 Å². The lowest BCUT2D eigenvalue weighted by atomic mass is 10.0. The second-order valence-corrected chi connectivity index (χ2v) is 6.82. The number of carbonyl (C=O) groups is 2. The first-order chi connectivity index (χ1) is 9.65. The summed E-state index contributed by atoms with van der Waals surface area (Å²) in [5.41, 5.74) is 4.91. The van der Waals surface area contributed by atoms with Gasteiger partial charge in [0.15, 0.2) is 0 Å². The van der Waals surface area contributed by atoms with Crippen LogP contribution in [0, 0.1) is 0 Å². The summed E-state index contributed by atoms with van der Waals surface area (Å²) in [7, 11) is 0. The molecule has 1 aliphatic rings. The molecule has 6 heteroatoms. The van der Waals surface area contributed by atoms with E-state index in [2.05, 4.69) is 0 Å². The van der Waals surface area contributed by atoms with Crippen LogP contribution in [0.1, 0.15) is 47.5 Å². The molecule has 122 valence electrons. The predicted octanol–water partition coefficient (Wildman–Crippen LogP) is 1.58. The monoisotopic (exact) mass is 299 g/mol. The molecule has 1 saturated heterocycles. The molecule has 0 aromatic rings. The average Bonchev–Trinajstić information content (AvgIpc) is 2.35. The van der Waals surface area contributed by atoms with Gasteiger partial charge in [-0.25, -0.2) is 4.79 Å². The highest BCUT2D eigenvalue weighted by molar-refractivity contribution is 5.78. The number of ether oxygens (including phenoxy) is 1. The van der Waals surface area contributed by atoms with Crippen LogP contribution in [-0.4, -0.2) is 59.1 Å². The molecule has 2 amide bonds. The number of carbonyl (C=O) groups excluding carboxylic acids is 2. The predicted molar refractivity (Wildman–Crippen MR) is 81.9 cm³/mol. The fourth-order valence-electron chi connectivity index (χ4n) is 2.63. The zero-order chi connectivity index (χ0) is 16.2. The van der Waals surface area contributed by atoms with E-state index in [1.165, 1.54) is 0 Å². The van der Waals surface area contributed by atoms with Gasteiger partial charge in [0.2, 0.25) is 5.91 Å². The summed E-state index contributed by atoms with van der Waals surface area (Å²) in [5, 5.41) is 0. The van der Waals surface area contributed by atoms with Crippen LogP contribution in [0.5, 0.6) is 0 Å². The van der Waals surface area contributed by atoms with Gasteiger partial charge in [-0.1, -0.05) is 0 Å². The van der Waals surface area contributed by atoms with Gasteiger partial charge in [-0.15, -0.1) is 0 Å². The molecule has 6 nitrogen and oxygen atoms in total. The quantitative estimate of drug-likeness (QED) is 0.858. The van der Waals surface area contributed by atoms with E-state index in [0.717, 1.165) is 12.8 Å². The number of rotatable bonds is 3. The first kappa shape index (κ1) is 17.8. The van der Waals surface area contributed by atoms with Crippen LogP contribution >= 0.6 is 0 Å². The first-order valence-corrected chi connectivity index (χ1v) is 7.65. The topological polar surface area (TPSA) is 75.9 Å². The number of nitrogens with zero attached hydrogens (tertiary/aromatic N) is 2. The Kier molecular flexibility index (Phi) is 6.01. The Labute approximate surface area is 127 Å². The normalized spacial score (nSPS) is 19.6. The zero-order valence-corrected chi connectivity index (χ0v) is 13.9. The van der Waals surface area contributed by atoms with E-state index in [9.17, 15) is 9.59 Å². The third-order valence-corrected chi connectivity index (χ3v) is 3.48. The minimum absolute atomic E-state index is 0.0101. The van der Waals surface area contributed by atoms with E-state index >= 15 is 0 Å². The molecule has 0 unspecified atom stereocenters. The van der Waals surface area contributed by atoms with Crippen molar-refractivity contribution < 1.29 is 14.3 Å². The van der Waals surface area contributed by atoms with E-state index in [0.29, 0.717) is 13.1 Å². The maximum absolute atomic E-state index is 12.4. The Morgan fingerprint density at radius 2 is 2.00 bits per heavy atom. The highest BCUT2D eigenvalue weighted by Gasteiger charge is 2.34. The van der Waals surface area contributed by atoms with Gasteiger partial charge < -0.3 is 20.3 Å². The van der Waals surface area contributed by atoms with E-state index in [4.69, 9.17) is 10.5 Å². The molecule has 1 aliphatic heterocycles. The van der Waals surface area contributed by atoms with Crippen molar-refractivity contribution in [3.05, 3.63) is 0 Å². The lowest BCUT2D eigenvalue weighted by molar-refractivity contribution is -0.132. The molecule has 0 aromatic heterocycles.